The summed E-state index contributed by atoms with van der Waals surface area (Å²) in [5.41, 5.74) is 3.74. The number of amides is 2. The molecule has 8 heteroatoms. The van der Waals surface area contributed by atoms with E-state index < -0.39 is 0 Å². The molecule has 1 aliphatic rings. The van der Waals surface area contributed by atoms with Crippen LogP contribution in [-0.4, -0.2) is 52.0 Å². The number of benzene rings is 2. The molecule has 0 radical (unpaired) electrons. The van der Waals surface area contributed by atoms with Gasteiger partial charge in [-0.15, -0.1) is 0 Å². The van der Waals surface area contributed by atoms with E-state index in [1.165, 1.54) is 4.90 Å². The Balaban J connectivity index is 1.40. The van der Waals surface area contributed by atoms with Crippen molar-refractivity contribution in [2.45, 2.75) is 0 Å². The van der Waals surface area contributed by atoms with E-state index in [4.69, 9.17) is 10.7 Å². The van der Waals surface area contributed by atoms with Gasteiger partial charge in [0.1, 0.15) is 5.82 Å². The van der Waals surface area contributed by atoms with E-state index >= 15 is 0 Å². The van der Waals surface area contributed by atoms with Crippen molar-refractivity contribution >= 4 is 23.6 Å². The lowest BCUT2D eigenvalue weighted by atomic mass is 10.1. The maximum absolute atomic E-state index is 12.5. The number of nitrogens with one attached hydrogen (secondary N) is 3. The van der Waals surface area contributed by atoms with Gasteiger partial charge in [-0.3, -0.25) is 9.59 Å². The van der Waals surface area contributed by atoms with Crippen LogP contribution in [0.2, 0.25) is 0 Å². The van der Waals surface area contributed by atoms with Crippen molar-refractivity contribution in [3.8, 4) is 17.3 Å². The lowest BCUT2D eigenvalue weighted by molar-refractivity contribution is -0.123. The predicted octanol–water partition coefficient (Wildman–Crippen LogP) is 2.60. The fourth-order valence-electron chi connectivity index (χ4n) is 3.34. The van der Waals surface area contributed by atoms with Gasteiger partial charge in [0, 0.05) is 18.7 Å². The van der Waals surface area contributed by atoms with Crippen molar-refractivity contribution in [3.05, 3.63) is 83.3 Å². The summed E-state index contributed by atoms with van der Waals surface area (Å²) in [6.07, 6.45) is 5.04. The molecule has 3 N–H and O–H groups in total. The van der Waals surface area contributed by atoms with Gasteiger partial charge in [0.25, 0.3) is 5.91 Å². The van der Waals surface area contributed by atoms with Gasteiger partial charge in [-0.25, -0.2) is 4.98 Å². The minimum Gasteiger partial charge on any atom is -0.353 e. The molecule has 158 valence electrons. The Hall–Kier alpha value is -4.51. The lowest BCUT2D eigenvalue weighted by Gasteiger charge is -2.26. The molecule has 4 rings (SSSR count). The number of carbonyl (C=O) groups excluding carboxylic acids is 2. The quantitative estimate of drug-likeness (QED) is 0.544. The minimum atomic E-state index is -0.195. The molecular weight excluding hydrogens is 404 g/mol. The van der Waals surface area contributed by atoms with E-state index in [1.54, 1.807) is 54.7 Å². The largest absolute Gasteiger partial charge is 0.353 e. The standard InChI is InChI=1S/C24H20N6O2/c25-13-16-1-3-18(4-2-16)21-14-28-22(29-21)10-9-20(26)17-5-7-19(8-6-17)24(32)30-12-11-27-23(31)15-30/h1-10,14,26H,11-12,15H2,(H,27,31)(H,28,29)/b10-9-,26-20?. The first kappa shape index (κ1) is 20.8. The Morgan fingerprint density at radius 2 is 1.84 bits per heavy atom. The van der Waals surface area contributed by atoms with E-state index in [0.717, 1.165) is 11.3 Å². The van der Waals surface area contributed by atoms with E-state index in [2.05, 4.69) is 21.4 Å². The zero-order valence-electron chi connectivity index (χ0n) is 17.1. The summed E-state index contributed by atoms with van der Waals surface area (Å²) in [6, 6.07) is 16.0. The molecule has 3 aromatic rings. The second-order valence-corrected chi connectivity index (χ2v) is 7.27. The van der Waals surface area contributed by atoms with Gasteiger partial charge in [-0.1, -0.05) is 24.3 Å². The topological polar surface area (TPSA) is 126 Å². The monoisotopic (exact) mass is 424 g/mol. The van der Waals surface area contributed by atoms with Gasteiger partial charge in [0.05, 0.1) is 35.8 Å². The Morgan fingerprint density at radius 3 is 2.53 bits per heavy atom. The number of H-pyrrole nitrogens is 1. The third-order valence-corrected chi connectivity index (χ3v) is 5.10. The number of hydrogen-bond acceptors (Lipinski definition) is 5. The first-order valence-corrected chi connectivity index (χ1v) is 10.0. The minimum absolute atomic E-state index is 0.0622. The molecule has 2 heterocycles. The summed E-state index contributed by atoms with van der Waals surface area (Å²) in [6.45, 7) is 1.00. The normalized spacial score (nSPS) is 13.6. The summed E-state index contributed by atoms with van der Waals surface area (Å²) in [4.78, 5) is 33.0. The smallest absolute Gasteiger partial charge is 0.254 e. The average Bonchev–Trinajstić information content (AvgIpc) is 3.31. The SMILES string of the molecule is N#Cc1ccc(-c2cnc(/C=C\C(=N)c3ccc(C(=O)N4CCNC(=O)C4)cc3)[nH]2)cc1. The van der Waals surface area contributed by atoms with Crippen LogP contribution in [0.15, 0.2) is 60.8 Å². The van der Waals surface area contributed by atoms with Crippen molar-refractivity contribution in [2.24, 2.45) is 0 Å². The van der Waals surface area contributed by atoms with E-state index in [-0.39, 0.29) is 24.1 Å². The molecule has 0 aliphatic carbocycles. The molecule has 1 aromatic heterocycles. The van der Waals surface area contributed by atoms with Crippen LogP contribution in [0.5, 0.6) is 0 Å². The number of aromatic amines is 1. The number of nitriles is 1. The van der Waals surface area contributed by atoms with E-state index in [9.17, 15) is 9.59 Å². The predicted molar refractivity (Wildman–Crippen MR) is 120 cm³/mol. The molecule has 2 amide bonds. The number of nitrogens with zero attached hydrogens (tertiary/aromatic N) is 3. The summed E-state index contributed by atoms with van der Waals surface area (Å²) < 4.78 is 0. The number of imidazole rings is 1. The van der Waals surface area contributed by atoms with Gasteiger partial charge >= 0.3 is 0 Å². The third kappa shape index (κ3) is 4.63. The van der Waals surface area contributed by atoms with E-state index in [0.29, 0.717) is 35.6 Å². The second-order valence-electron chi connectivity index (χ2n) is 7.27. The van der Waals surface area contributed by atoms with Crippen LogP contribution in [0.3, 0.4) is 0 Å². The third-order valence-electron chi connectivity index (χ3n) is 5.10. The summed E-state index contributed by atoms with van der Waals surface area (Å²) in [5.74, 6) is 0.247. The first-order valence-electron chi connectivity index (χ1n) is 10.0. The fourth-order valence-corrected chi connectivity index (χ4v) is 3.34. The van der Waals surface area contributed by atoms with Crippen molar-refractivity contribution in [3.63, 3.8) is 0 Å². The molecular formula is C24H20N6O2. The molecule has 0 unspecified atom stereocenters. The van der Waals surface area contributed by atoms with Gasteiger partial charge in [-0.2, -0.15) is 5.26 Å². The summed E-state index contributed by atoms with van der Waals surface area (Å²) in [7, 11) is 0. The Morgan fingerprint density at radius 1 is 1.12 bits per heavy atom. The molecule has 32 heavy (non-hydrogen) atoms. The van der Waals surface area contributed by atoms with Gasteiger partial charge in [0.15, 0.2) is 0 Å². The Labute approximate surface area is 184 Å². The highest BCUT2D eigenvalue weighted by Gasteiger charge is 2.22. The first-order chi connectivity index (χ1) is 15.5. The highest BCUT2D eigenvalue weighted by atomic mass is 16.2. The number of carbonyl (C=O) groups is 2. The molecule has 8 nitrogen and oxygen atoms in total. The average molecular weight is 424 g/mol. The van der Waals surface area contributed by atoms with Crippen LogP contribution < -0.4 is 5.32 Å². The lowest BCUT2D eigenvalue weighted by Crippen LogP contribution is -2.49. The maximum Gasteiger partial charge on any atom is 0.254 e. The molecule has 0 spiro atoms. The maximum atomic E-state index is 12.5. The van der Waals surface area contributed by atoms with Gasteiger partial charge < -0.3 is 20.6 Å². The molecule has 1 aliphatic heterocycles. The van der Waals surface area contributed by atoms with Crippen LogP contribution in [-0.2, 0) is 4.79 Å². The molecule has 2 aromatic carbocycles. The van der Waals surface area contributed by atoms with Crippen molar-refractivity contribution in [1.82, 2.24) is 20.2 Å². The van der Waals surface area contributed by atoms with Crippen molar-refractivity contribution in [2.75, 3.05) is 19.6 Å². The molecule has 1 fully saturated rings. The number of rotatable bonds is 5. The second kappa shape index (κ2) is 9.10. The van der Waals surface area contributed by atoms with E-state index in [1.807, 2.05) is 12.1 Å². The highest BCUT2D eigenvalue weighted by molar-refractivity contribution is 6.09. The van der Waals surface area contributed by atoms with Crippen LogP contribution in [0.1, 0.15) is 27.3 Å². The van der Waals surface area contributed by atoms with Crippen LogP contribution >= 0.6 is 0 Å². The zero-order valence-corrected chi connectivity index (χ0v) is 17.1. The Kier molecular flexibility index (Phi) is 5.90. The van der Waals surface area contributed by atoms with Crippen LogP contribution in [0.25, 0.3) is 17.3 Å². The molecule has 0 bridgehead atoms. The summed E-state index contributed by atoms with van der Waals surface area (Å²) in [5, 5.41) is 19.9. The fraction of sp³-hybridized carbons (Fsp3) is 0.125. The number of piperazine rings is 1. The van der Waals surface area contributed by atoms with Gasteiger partial charge in [-0.05, 0) is 47.5 Å². The molecule has 1 saturated heterocycles. The number of allylic oxidation sites excluding steroid dienone is 1. The van der Waals surface area contributed by atoms with Crippen LogP contribution in [0, 0.1) is 16.7 Å². The molecule has 0 saturated carbocycles. The zero-order chi connectivity index (χ0) is 22.5. The van der Waals surface area contributed by atoms with Crippen molar-refractivity contribution < 1.29 is 9.59 Å². The Bertz CT molecular complexity index is 1230. The van der Waals surface area contributed by atoms with Gasteiger partial charge in [0.2, 0.25) is 5.91 Å². The summed E-state index contributed by atoms with van der Waals surface area (Å²) >= 11 is 0. The molecule has 0 atom stereocenters. The highest BCUT2D eigenvalue weighted by Crippen LogP contribution is 2.18. The van der Waals surface area contributed by atoms with Crippen LogP contribution in [0.4, 0.5) is 0 Å². The van der Waals surface area contributed by atoms with Crippen molar-refractivity contribution in [1.29, 1.82) is 10.7 Å². The number of aromatic nitrogens is 2. The number of hydrogen-bond donors (Lipinski definition) is 3.